The summed E-state index contributed by atoms with van der Waals surface area (Å²) in [5.41, 5.74) is 1.71. The zero-order valence-corrected chi connectivity index (χ0v) is 28.3. The predicted octanol–water partition coefficient (Wildman–Crippen LogP) is 5.41. The van der Waals surface area contributed by atoms with Crippen LogP contribution in [0.5, 0.6) is 17.2 Å². The van der Waals surface area contributed by atoms with Crippen LogP contribution in [0.15, 0.2) is 82.7 Å². The molecule has 0 aliphatic carbocycles. The van der Waals surface area contributed by atoms with Gasteiger partial charge in [-0.1, -0.05) is 24.3 Å². The number of nitrogens with zero attached hydrogens (tertiary/aromatic N) is 1. The van der Waals surface area contributed by atoms with Gasteiger partial charge in [-0.25, -0.2) is 4.98 Å². The fourth-order valence-corrected chi connectivity index (χ4v) is 5.72. The summed E-state index contributed by atoms with van der Waals surface area (Å²) in [6.45, 7) is 2.01. The van der Waals surface area contributed by atoms with Crippen molar-refractivity contribution in [2.45, 2.75) is 18.2 Å². The van der Waals surface area contributed by atoms with Gasteiger partial charge in [0.2, 0.25) is 5.91 Å². The van der Waals surface area contributed by atoms with E-state index in [2.05, 4.69) is 20.9 Å². The number of hydrogen-bond acceptors (Lipinski definition) is 11. The number of aromatic nitrogens is 1. The fourth-order valence-electron chi connectivity index (χ4n) is 4.24. The number of thioether (sulfide) groups is 1. The lowest BCUT2D eigenvalue weighted by Crippen LogP contribution is -2.30. The summed E-state index contributed by atoms with van der Waals surface area (Å²) in [4.78, 5) is 56.0. The van der Waals surface area contributed by atoms with Gasteiger partial charge in [-0.15, -0.1) is 23.1 Å². The number of amides is 3. The summed E-state index contributed by atoms with van der Waals surface area (Å²) in [7, 11) is 4.46. The number of hydrogen-bond donors (Lipinski definition) is 3. The van der Waals surface area contributed by atoms with Crippen LogP contribution in [0, 0.1) is 0 Å². The van der Waals surface area contributed by atoms with Crippen LogP contribution in [-0.2, 0) is 25.5 Å². The monoisotopic (exact) mass is 690 g/mol. The molecule has 0 fully saturated rings. The summed E-state index contributed by atoms with van der Waals surface area (Å²) >= 11 is 2.47. The van der Waals surface area contributed by atoms with Crippen molar-refractivity contribution in [3.8, 4) is 17.2 Å². The van der Waals surface area contributed by atoms with Gasteiger partial charge >= 0.3 is 5.97 Å². The number of rotatable bonds is 15. The number of thiazole rings is 1. The van der Waals surface area contributed by atoms with Crippen molar-refractivity contribution in [2.24, 2.45) is 0 Å². The Labute approximate surface area is 285 Å². The second-order valence-electron chi connectivity index (χ2n) is 9.77. The molecule has 0 bridgehead atoms. The number of esters is 1. The van der Waals surface area contributed by atoms with E-state index < -0.39 is 11.8 Å². The molecule has 1 aromatic heterocycles. The molecule has 14 heteroatoms. The highest BCUT2D eigenvalue weighted by Gasteiger charge is 2.18. The molecule has 3 amide bonds. The normalized spacial score (nSPS) is 10.9. The van der Waals surface area contributed by atoms with Gasteiger partial charge in [-0.05, 0) is 49.4 Å². The Bertz CT molecular complexity index is 1790. The molecular formula is C34H34N4O8S2. The zero-order chi connectivity index (χ0) is 34.5. The van der Waals surface area contributed by atoms with Crippen LogP contribution >= 0.6 is 23.1 Å². The zero-order valence-electron chi connectivity index (χ0n) is 26.7. The van der Waals surface area contributed by atoms with Crippen LogP contribution in [0.25, 0.3) is 6.08 Å². The Morgan fingerprint density at radius 3 is 2.31 bits per heavy atom. The third-order valence-corrected chi connectivity index (χ3v) is 8.26. The molecule has 4 rings (SSSR count). The highest BCUT2D eigenvalue weighted by molar-refractivity contribution is 8.00. The molecule has 3 N–H and O–H groups in total. The first-order valence-corrected chi connectivity index (χ1v) is 16.4. The minimum absolute atomic E-state index is 0.0299. The largest absolute Gasteiger partial charge is 0.496 e. The first-order chi connectivity index (χ1) is 23.2. The third-order valence-electron chi connectivity index (χ3n) is 6.46. The molecule has 0 unspecified atom stereocenters. The van der Waals surface area contributed by atoms with E-state index in [-0.39, 0.29) is 36.4 Å². The smallest absolute Gasteiger partial charge is 0.311 e. The Morgan fingerprint density at radius 2 is 1.60 bits per heavy atom. The van der Waals surface area contributed by atoms with Crippen LogP contribution in [0.1, 0.15) is 28.5 Å². The molecule has 4 aromatic rings. The van der Waals surface area contributed by atoms with Crippen LogP contribution < -0.4 is 30.2 Å². The first kappa shape index (κ1) is 35.5. The highest BCUT2D eigenvalue weighted by Crippen LogP contribution is 2.35. The van der Waals surface area contributed by atoms with E-state index in [0.29, 0.717) is 49.8 Å². The van der Waals surface area contributed by atoms with Crippen LogP contribution in [0.4, 0.5) is 10.8 Å². The maximum atomic E-state index is 13.7. The van der Waals surface area contributed by atoms with Crippen molar-refractivity contribution in [1.82, 2.24) is 10.3 Å². The fraction of sp³-hybridized carbons (Fsp3) is 0.206. The van der Waals surface area contributed by atoms with Gasteiger partial charge < -0.3 is 34.9 Å². The molecule has 250 valence electrons. The molecular weight excluding hydrogens is 657 g/mol. The lowest BCUT2D eigenvalue weighted by atomic mass is 10.1. The first-order valence-electron chi connectivity index (χ1n) is 14.5. The van der Waals surface area contributed by atoms with Gasteiger partial charge in [-0.2, -0.15) is 0 Å². The van der Waals surface area contributed by atoms with Crippen molar-refractivity contribution < 1.29 is 38.1 Å². The Morgan fingerprint density at radius 1 is 0.875 bits per heavy atom. The molecule has 0 aliphatic heterocycles. The van der Waals surface area contributed by atoms with Gasteiger partial charge in [-0.3, -0.25) is 19.2 Å². The minimum atomic E-state index is -0.599. The summed E-state index contributed by atoms with van der Waals surface area (Å²) in [5.74, 6) is -0.468. The molecule has 0 aliphatic rings. The van der Waals surface area contributed by atoms with Crippen molar-refractivity contribution in [3.63, 3.8) is 0 Å². The lowest BCUT2D eigenvalue weighted by Gasteiger charge is -2.15. The Balaban J connectivity index is 1.48. The van der Waals surface area contributed by atoms with E-state index in [4.69, 9.17) is 18.9 Å². The topological polar surface area (TPSA) is 154 Å². The highest BCUT2D eigenvalue weighted by atomic mass is 32.2. The van der Waals surface area contributed by atoms with Gasteiger partial charge in [0.05, 0.1) is 45.8 Å². The number of nitrogens with one attached hydrogen (secondary N) is 3. The number of carbonyl (C=O) groups is 4. The summed E-state index contributed by atoms with van der Waals surface area (Å²) < 4.78 is 21.2. The Hall–Kier alpha value is -5.34. The van der Waals surface area contributed by atoms with E-state index >= 15 is 0 Å². The summed E-state index contributed by atoms with van der Waals surface area (Å²) in [5, 5.41) is 10.3. The molecule has 0 saturated heterocycles. The van der Waals surface area contributed by atoms with E-state index in [9.17, 15) is 19.2 Å². The number of benzene rings is 3. The number of carbonyl (C=O) groups excluding carboxylic acids is 4. The molecule has 0 spiro atoms. The number of methoxy groups -OCH3 is 3. The van der Waals surface area contributed by atoms with Gasteiger partial charge in [0.15, 0.2) is 16.6 Å². The molecule has 0 atom stereocenters. The molecule has 1 heterocycles. The second kappa shape index (κ2) is 17.5. The van der Waals surface area contributed by atoms with Crippen LogP contribution in [0.2, 0.25) is 0 Å². The third kappa shape index (κ3) is 10.1. The second-order valence-corrected chi connectivity index (χ2v) is 11.7. The van der Waals surface area contributed by atoms with Crippen molar-refractivity contribution in [2.75, 3.05) is 44.3 Å². The maximum Gasteiger partial charge on any atom is 0.311 e. The molecule has 12 nitrogen and oxygen atoms in total. The number of ether oxygens (including phenoxy) is 4. The average Bonchev–Trinajstić information content (AvgIpc) is 3.53. The lowest BCUT2D eigenvalue weighted by molar-refractivity contribution is -0.142. The summed E-state index contributed by atoms with van der Waals surface area (Å²) in [6.07, 6.45) is 1.51. The maximum absolute atomic E-state index is 13.7. The standard InChI is InChI=1S/C34H34N4O8S2/c1-5-46-31(40)17-24-19-48-34(36-24)38-30(39)20-47-25-13-9-12-23(16-25)35-33(42)26(37-32(41)21-10-7-6-8-11-21)14-22-15-28(44-3)29(45-4)18-27(22)43-2/h6-16,18-19H,5,17,20H2,1-4H3,(H,35,42)(H,37,41)(H,36,38,39)/b26-14+. The van der Waals surface area contributed by atoms with E-state index in [1.165, 1.54) is 50.5 Å². The van der Waals surface area contributed by atoms with Crippen LogP contribution in [-0.4, -0.2) is 62.4 Å². The van der Waals surface area contributed by atoms with Gasteiger partial charge in [0.1, 0.15) is 11.4 Å². The predicted molar refractivity (Wildman–Crippen MR) is 185 cm³/mol. The van der Waals surface area contributed by atoms with E-state index in [1.807, 2.05) is 0 Å². The van der Waals surface area contributed by atoms with Crippen molar-refractivity contribution >= 4 is 63.7 Å². The van der Waals surface area contributed by atoms with E-state index in [0.717, 1.165) is 0 Å². The average molecular weight is 691 g/mol. The molecule has 3 aromatic carbocycles. The minimum Gasteiger partial charge on any atom is -0.496 e. The van der Waals surface area contributed by atoms with Gasteiger partial charge in [0.25, 0.3) is 11.8 Å². The molecule has 0 saturated carbocycles. The van der Waals surface area contributed by atoms with Gasteiger partial charge in [0, 0.05) is 33.2 Å². The molecule has 48 heavy (non-hydrogen) atoms. The van der Waals surface area contributed by atoms with Crippen molar-refractivity contribution in [1.29, 1.82) is 0 Å². The van der Waals surface area contributed by atoms with E-state index in [1.54, 1.807) is 79.0 Å². The number of anilines is 2. The Kier molecular flexibility index (Phi) is 13.0. The SMILES string of the molecule is CCOC(=O)Cc1csc(NC(=O)CSc2cccc(NC(=O)/C(=C\c3cc(OC)c(OC)cc3OC)NC(=O)c3ccccc3)c2)n1. The van der Waals surface area contributed by atoms with Crippen LogP contribution in [0.3, 0.4) is 0 Å². The van der Waals surface area contributed by atoms with Crippen molar-refractivity contribution in [3.05, 3.63) is 94.6 Å². The molecule has 0 radical (unpaired) electrons. The quantitative estimate of drug-likeness (QED) is 0.0838. The summed E-state index contributed by atoms with van der Waals surface area (Å²) in [6, 6.07) is 18.7.